The maximum absolute atomic E-state index is 6.29. The van der Waals surface area contributed by atoms with Gasteiger partial charge in [-0.1, -0.05) is 83.0 Å². The van der Waals surface area contributed by atoms with Crippen LogP contribution in [0.25, 0.3) is 26.3 Å². The minimum Gasteiger partial charge on any atom is -0.493 e. The maximum atomic E-state index is 6.29. The van der Waals surface area contributed by atoms with E-state index in [9.17, 15) is 0 Å². The molecule has 1 nitrogen and oxygen atoms in total. The zero-order valence-electron chi connectivity index (χ0n) is 19.5. The van der Waals surface area contributed by atoms with E-state index in [4.69, 9.17) is 4.74 Å². The molecule has 4 rings (SSSR count). The second-order valence-corrected chi connectivity index (χ2v) is 11.0. The molecule has 2 heteroatoms. The third-order valence-electron chi connectivity index (χ3n) is 6.45. The summed E-state index contributed by atoms with van der Waals surface area (Å²) in [6, 6.07) is 20.6. The second-order valence-electron chi connectivity index (χ2n) is 8.88. The van der Waals surface area contributed by atoms with Gasteiger partial charge in [-0.05, 0) is 78.2 Å². The molecule has 4 aromatic rings. The van der Waals surface area contributed by atoms with E-state index < -0.39 is 7.53 Å². The summed E-state index contributed by atoms with van der Waals surface area (Å²) in [5.41, 5.74) is 4.01. The summed E-state index contributed by atoms with van der Waals surface area (Å²) in [6.45, 7) is 9.75. The molecular formula is C29H35OP. The van der Waals surface area contributed by atoms with E-state index >= 15 is 0 Å². The molecule has 0 aliphatic carbocycles. The quantitative estimate of drug-likeness (QED) is 0.240. The van der Waals surface area contributed by atoms with Gasteiger partial charge in [-0.15, -0.1) is 0 Å². The Morgan fingerprint density at radius 2 is 1.29 bits per heavy atom. The van der Waals surface area contributed by atoms with Crippen LogP contribution in [0.5, 0.6) is 5.75 Å². The predicted octanol–water partition coefficient (Wildman–Crippen LogP) is 9.63. The first-order chi connectivity index (χ1) is 15.1. The standard InChI is InChI=1S/C29H35OP/c1-5-6-7-8-9-13-16-30-27-20-26-25-17-21(2)22(3)18-28(25)31(29(26)19-23(27)4)24-14-11-10-12-15-24/h10-12,14-15,17-20H,5-9,13,16H2,1-4H3. The Kier molecular flexibility index (Phi) is 7.03. The van der Waals surface area contributed by atoms with Crippen LogP contribution in [0.4, 0.5) is 0 Å². The van der Waals surface area contributed by atoms with Gasteiger partial charge in [0.15, 0.2) is 0 Å². The van der Waals surface area contributed by atoms with Gasteiger partial charge in [-0.25, -0.2) is 0 Å². The van der Waals surface area contributed by atoms with E-state index in [0.717, 1.165) is 18.8 Å². The van der Waals surface area contributed by atoms with Crippen LogP contribution in [0, 0.1) is 20.8 Å². The SMILES string of the molecule is CCCCCCCCOc1cc2c3cc(C)c(C)cc3p(-c3ccccc3)c2cc1C. The van der Waals surface area contributed by atoms with Gasteiger partial charge in [0.2, 0.25) is 0 Å². The third-order valence-corrected chi connectivity index (χ3v) is 8.97. The number of rotatable bonds is 9. The summed E-state index contributed by atoms with van der Waals surface area (Å²) in [7, 11) is -0.509. The molecule has 31 heavy (non-hydrogen) atoms. The molecule has 0 saturated carbocycles. The maximum Gasteiger partial charge on any atom is 0.122 e. The lowest BCUT2D eigenvalue weighted by Gasteiger charge is -2.11. The molecule has 0 bridgehead atoms. The average Bonchev–Trinajstić information content (AvgIpc) is 3.06. The van der Waals surface area contributed by atoms with Crippen LogP contribution in [-0.2, 0) is 0 Å². The molecule has 0 aliphatic rings. The summed E-state index contributed by atoms with van der Waals surface area (Å²) in [4.78, 5) is 0. The number of fused-ring (bicyclic) bond motifs is 3. The molecule has 0 N–H and O–H groups in total. The van der Waals surface area contributed by atoms with Crippen LogP contribution in [-0.4, -0.2) is 6.61 Å². The lowest BCUT2D eigenvalue weighted by molar-refractivity contribution is 0.303. The third kappa shape index (κ3) is 4.68. The lowest BCUT2D eigenvalue weighted by atomic mass is 10.0. The fourth-order valence-electron chi connectivity index (χ4n) is 4.48. The van der Waals surface area contributed by atoms with E-state index in [0.29, 0.717) is 0 Å². The molecule has 3 aromatic carbocycles. The van der Waals surface area contributed by atoms with Crippen LogP contribution >= 0.6 is 7.53 Å². The van der Waals surface area contributed by atoms with Crippen LogP contribution in [0.15, 0.2) is 54.6 Å². The Balaban J connectivity index is 1.70. The summed E-state index contributed by atoms with van der Waals surface area (Å²) in [5.74, 6) is 1.06. The molecule has 1 unspecified atom stereocenters. The fraction of sp³-hybridized carbons (Fsp3) is 0.379. The second kappa shape index (κ2) is 9.92. The molecule has 1 heterocycles. The van der Waals surface area contributed by atoms with E-state index in [1.165, 1.54) is 75.1 Å². The van der Waals surface area contributed by atoms with Crippen LogP contribution in [0.1, 0.15) is 62.1 Å². The van der Waals surface area contributed by atoms with Crippen molar-refractivity contribution in [3.05, 3.63) is 71.3 Å². The van der Waals surface area contributed by atoms with Crippen molar-refractivity contribution in [2.45, 2.75) is 66.2 Å². The van der Waals surface area contributed by atoms with Gasteiger partial charge in [-0.3, -0.25) is 0 Å². The highest BCUT2D eigenvalue weighted by Gasteiger charge is 2.16. The highest BCUT2D eigenvalue weighted by molar-refractivity contribution is 7.67. The van der Waals surface area contributed by atoms with Gasteiger partial charge < -0.3 is 4.74 Å². The molecule has 1 aromatic heterocycles. The van der Waals surface area contributed by atoms with Gasteiger partial charge in [0.1, 0.15) is 5.75 Å². The van der Waals surface area contributed by atoms with Crippen LogP contribution in [0.2, 0.25) is 0 Å². The molecule has 0 saturated heterocycles. The fourth-order valence-corrected chi connectivity index (χ4v) is 7.26. The van der Waals surface area contributed by atoms with Gasteiger partial charge >= 0.3 is 0 Å². The highest BCUT2D eigenvalue weighted by atomic mass is 31.1. The van der Waals surface area contributed by atoms with Crippen LogP contribution in [0.3, 0.4) is 0 Å². The average molecular weight is 431 g/mol. The van der Waals surface area contributed by atoms with E-state index in [1.807, 2.05) is 0 Å². The Hall–Kier alpha value is -2.24. The molecule has 0 radical (unpaired) electrons. The van der Waals surface area contributed by atoms with Gasteiger partial charge in [0, 0.05) is 10.2 Å². The molecule has 1 atom stereocenters. The molecular weight excluding hydrogens is 395 g/mol. The van der Waals surface area contributed by atoms with Crippen molar-refractivity contribution < 1.29 is 4.74 Å². The summed E-state index contributed by atoms with van der Waals surface area (Å²) >= 11 is 0. The first-order valence-corrected chi connectivity index (χ1v) is 13.2. The first-order valence-electron chi connectivity index (χ1n) is 11.8. The van der Waals surface area contributed by atoms with Crippen molar-refractivity contribution in [2.24, 2.45) is 0 Å². The van der Waals surface area contributed by atoms with Crippen molar-refractivity contribution in [3.63, 3.8) is 0 Å². The number of benzene rings is 3. The number of unbranched alkanes of at least 4 members (excludes halogenated alkanes) is 5. The van der Waals surface area contributed by atoms with Crippen molar-refractivity contribution in [1.82, 2.24) is 0 Å². The molecule has 0 aliphatic heterocycles. The Labute approximate surface area is 188 Å². The number of aryl methyl sites for hydroxylation is 3. The zero-order chi connectivity index (χ0) is 21.8. The zero-order valence-corrected chi connectivity index (χ0v) is 20.4. The molecule has 162 valence electrons. The Morgan fingerprint density at radius 1 is 0.677 bits per heavy atom. The minimum atomic E-state index is -0.509. The topological polar surface area (TPSA) is 9.23 Å². The summed E-state index contributed by atoms with van der Waals surface area (Å²) in [6.07, 6.45) is 7.75. The van der Waals surface area contributed by atoms with E-state index in [2.05, 4.69) is 82.3 Å². The first kappa shape index (κ1) is 22.0. The largest absolute Gasteiger partial charge is 0.493 e. The van der Waals surface area contributed by atoms with Crippen molar-refractivity contribution in [2.75, 3.05) is 6.61 Å². The molecule has 0 fully saturated rings. The Bertz CT molecular complexity index is 1170. The van der Waals surface area contributed by atoms with Crippen molar-refractivity contribution in [1.29, 1.82) is 0 Å². The normalized spacial score (nSPS) is 12.1. The lowest BCUT2D eigenvalue weighted by Crippen LogP contribution is -1.98. The molecule has 0 spiro atoms. The van der Waals surface area contributed by atoms with E-state index in [1.54, 1.807) is 0 Å². The van der Waals surface area contributed by atoms with Gasteiger partial charge in [0.25, 0.3) is 0 Å². The smallest absolute Gasteiger partial charge is 0.122 e. The van der Waals surface area contributed by atoms with Gasteiger partial charge in [0.05, 0.1) is 6.61 Å². The predicted molar refractivity (Wildman–Crippen MR) is 139 cm³/mol. The van der Waals surface area contributed by atoms with Crippen molar-refractivity contribution >= 4 is 28.5 Å². The summed E-state index contributed by atoms with van der Waals surface area (Å²) in [5, 5.41) is 7.17. The monoisotopic (exact) mass is 430 g/mol. The minimum absolute atomic E-state index is 0.509. The summed E-state index contributed by atoms with van der Waals surface area (Å²) < 4.78 is 6.29. The van der Waals surface area contributed by atoms with Gasteiger partial charge in [-0.2, -0.15) is 0 Å². The van der Waals surface area contributed by atoms with Crippen LogP contribution < -0.4 is 4.74 Å². The van der Waals surface area contributed by atoms with Crippen molar-refractivity contribution in [3.8, 4) is 11.1 Å². The number of hydrogen-bond donors (Lipinski definition) is 0. The van der Waals surface area contributed by atoms with E-state index in [-0.39, 0.29) is 0 Å². The Morgan fingerprint density at radius 3 is 2.03 bits per heavy atom. The highest BCUT2D eigenvalue weighted by Crippen LogP contribution is 2.56. The molecule has 0 amide bonds. The number of ether oxygens (including phenoxy) is 1. The number of hydrogen-bond acceptors (Lipinski definition) is 1.